The number of carbonyl (C=O) groups is 1. The number of amides is 2. The van der Waals surface area contributed by atoms with Crippen LogP contribution in [0.25, 0.3) is 11.0 Å². The van der Waals surface area contributed by atoms with Gasteiger partial charge in [-0.1, -0.05) is 36.4 Å². The van der Waals surface area contributed by atoms with E-state index in [0.29, 0.717) is 6.54 Å². The van der Waals surface area contributed by atoms with Crippen molar-refractivity contribution in [1.29, 1.82) is 0 Å². The Morgan fingerprint density at radius 3 is 2.56 bits per heavy atom. The van der Waals surface area contributed by atoms with Crippen LogP contribution in [0.15, 0.2) is 59.0 Å². The molecule has 2 aromatic carbocycles. The second kappa shape index (κ2) is 7.40. The van der Waals surface area contributed by atoms with E-state index in [1.165, 1.54) is 0 Å². The van der Waals surface area contributed by atoms with Crippen LogP contribution < -0.4 is 10.6 Å². The first-order valence-corrected chi connectivity index (χ1v) is 8.30. The number of carbonyl (C=O) groups excluding carboxylic acids is 1. The third-order valence-electron chi connectivity index (χ3n) is 4.25. The molecule has 3 rings (SSSR count). The minimum Gasteiger partial charge on any atom is -0.459 e. The van der Waals surface area contributed by atoms with Gasteiger partial charge < -0.3 is 15.1 Å². The zero-order valence-electron chi connectivity index (χ0n) is 14.7. The zero-order valence-corrected chi connectivity index (χ0v) is 14.7. The van der Waals surface area contributed by atoms with Gasteiger partial charge >= 0.3 is 6.03 Å². The number of urea groups is 1. The second-order valence-corrected chi connectivity index (χ2v) is 6.32. The van der Waals surface area contributed by atoms with E-state index in [1.807, 2.05) is 80.5 Å². The Hall–Kier alpha value is -2.79. The van der Waals surface area contributed by atoms with Gasteiger partial charge in [0.05, 0.1) is 6.04 Å². The van der Waals surface area contributed by atoms with Gasteiger partial charge in [0.25, 0.3) is 0 Å². The molecular weight excluding hydrogens is 314 g/mol. The number of nitrogens with zero attached hydrogens (tertiary/aromatic N) is 1. The molecule has 2 N–H and O–H groups in total. The van der Waals surface area contributed by atoms with Crippen molar-refractivity contribution in [2.24, 2.45) is 0 Å². The van der Waals surface area contributed by atoms with E-state index in [2.05, 4.69) is 10.6 Å². The van der Waals surface area contributed by atoms with E-state index in [9.17, 15) is 4.79 Å². The topological polar surface area (TPSA) is 57.5 Å². The third-order valence-corrected chi connectivity index (χ3v) is 4.25. The van der Waals surface area contributed by atoms with Gasteiger partial charge in [0.2, 0.25) is 0 Å². The van der Waals surface area contributed by atoms with Gasteiger partial charge in [-0.3, -0.25) is 4.90 Å². The van der Waals surface area contributed by atoms with Gasteiger partial charge in [-0.15, -0.1) is 0 Å². The highest BCUT2D eigenvalue weighted by molar-refractivity contribution is 5.90. The number of hydrogen-bond donors (Lipinski definition) is 2. The molecule has 0 fully saturated rings. The van der Waals surface area contributed by atoms with Crippen molar-refractivity contribution in [1.82, 2.24) is 10.2 Å². The van der Waals surface area contributed by atoms with Crippen LogP contribution in [0.2, 0.25) is 0 Å². The van der Waals surface area contributed by atoms with Crippen LogP contribution in [0.3, 0.4) is 0 Å². The number of furan rings is 1. The van der Waals surface area contributed by atoms with E-state index in [-0.39, 0.29) is 12.1 Å². The molecule has 5 heteroatoms. The van der Waals surface area contributed by atoms with E-state index in [0.717, 1.165) is 28.0 Å². The van der Waals surface area contributed by atoms with E-state index in [1.54, 1.807) is 0 Å². The maximum atomic E-state index is 12.2. The summed E-state index contributed by atoms with van der Waals surface area (Å²) in [5.41, 5.74) is 2.69. The Balaban J connectivity index is 1.68. The van der Waals surface area contributed by atoms with E-state index in [4.69, 9.17) is 4.42 Å². The Morgan fingerprint density at radius 2 is 1.84 bits per heavy atom. The Kier molecular flexibility index (Phi) is 5.05. The smallest absolute Gasteiger partial charge is 0.319 e. The highest BCUT2D eigenvalue weighted by Crippen LogP contribution is 2.26. The number of rotatable bonds is 5. The van der Waals surface area contributed by atoms with Gasteiger partial charge in [-0.25, -0.2) is 4.79 Å². The summed E-state index contributed by atoms with van der Waals surface area (Å²) < 4.78 is 5.95. The molecule has 1 aromatic heterocycles. The first-order valence-electron chi connectivity index (χ1n) is 8.30. The van der Waals surface area contributed by atoms with Gasteiger partial charge in [0.1, 0.15) is 11.3 Å². The average molecular weight is 337 g/mol. The molecule has 0 aliphatic rings. The third kappa shape index (κ3) is 4.00. The molecule has 0 unspecified atom stereocenters. The van der Waals surface area contributed by atoms with Gasteiger partial charge in [0, 0.05) is 17.6 Å². The molecule has 3 aromatic rings. The predicted octanol–water partition coefficient (Wildman–Crippen LogP) is 4.17. The summed E-state index contributed by atoms with van der Waals surface area (Å²) in [6, 6.07) is 17.4. The number of benzene rings is 2. The van der Waals surface area contributed by atoms with Gasteiger partial charge in [-0.2, -0.15) is 0 Å². The van der Waals surface area contributed by atoms with Crippen molar-refractivity contribution in [3.8, 4) is 0 Å². The van der Waals surface area contributed by atoms with Crippen molar-refractivity contribution in [3.05, 3.63) is 65.9 Å². The summed E-state index contributed by atoms with van der Waals surface area (Å²) in [7, 11) is 3.94. The van der Waals surface area contributed by atoms with Crippen LogP contribution >= 0.6 is 0 Å². The molecule has 1 heterocycles. The van der Waals surface area contributed by atoms with Crippen LogP contribution in [-0.4, -0.2) is 31.6 Å². The fraction of sp³-hybridized carbons (Fsp3) is 0.250. The first-order chi connectivity index (χ1) is 12.0. The average Bonchev–Trinajstić information content (AvgIpc) is 3.00. The Labute approximate surface area is 147 Å². The van der Waals surface area contributed by atoms with Crippen LogP contribution in [-0.2, 0) is 0 Å². The summed E-state index contributed by atoms with van der Waals surface area (Å²) in [5.74, 6) is 0.836. The number of nitrogens with one attached hydrogen (secondary N) is 2. The summed E-state index contributed by atoms with van der Waals surface area (Å²) >= 11 is 0. The minimum atomic E-state index is -0.225. The normalized spacial score (nSPS) is 12.3. The minimum absolute atomic E-state index is 0.0463. The number of para-hydroxylation sites is 2. The number of aryl methyl sites for hydroxylation is 1. The molecule has 1 atom stereocenters. The molecule has 25 heavy (non-hydrogen) atoms. The summed E-state index contributed by atoms with van der Waals surface area (Å²) in [4.78, 5) is 14.3. The standard InChI is InChI=1S/C20H23N3O2/c1-14-8-4-6-10-16(14)22-20(24)21-13-17(23(2)3)19-12-15-9-5-7-11-18(15)25-19/h4-12,17H,13H2,1-3H3,(H2,21,22,24)/t17-/m0/s1. The largest absolute Gasteiger partial charge is 0.459 e. The van der Waals surface area contributed by atoms with Crippen molar-refractivity contribution < 1.29 is 9.21 Å². The molecule has 0 saturated carbocycles. The van der Waals surface area contributed by atoms with Crippen molar-refractivity contribution in [2.45, 2.75) is 13.0 Å². The number of hydrogen-bond acceptors (Lipinski definition) is 3. The molecule has 0 aliphatic carbocycles. The first kappa shape index (κ1) is 17.0. The summed E-state index contributed by atoms with van der Waals surface area (Å²) in [5, 5.41) is 6.88. The summed E-state index contributed by atoms with van der Waals surface area (Å²) in [6.07, 6.45) is 0. The monoisotopic (exact) mass is 337 g/mol. The number of anilines is 1. The molecule has 130 valence electrons. The zero-order chi connectivity index (χ0) is 17.8. The molecule has 0 radical (unpaired) electrons. The van der Waals surface area contributed by atoms with Crippen LogP contribution in [0.4, 0.5) is 10.5 Å². The summed E-state index contributed by atoms with van der Waals surface area (Å²) in [6.45, 7) is 2.41. The fourth-order valence-corrected chi connectivity index (χ4v) is 2.77. The maximum Gasteiger partial charge on any atom is 0.319 e. The van der Waals surface area contributed by atoms with E-state index >= 15 is 0 Å². The molecule has 0 bridgehead atoms. The lowest BCUT2D eigenvalue weighted by Crippen LogP contribution is -2.36. The quantitative estimate of drug-likeness (QED) is 0.735. The molecule has 0 spiro atoms. The lowest BCUT2D eigenvalue weighted by Gasteiger charge is -2.22. The highest BCUT2D eigenvalue weighted by atomic mass is 16.3. The van der Waals surface area contributed by atoms with Crippen LogP contribution in [0.5, 0.6) is 0 Å². The van der Waals surface area contributed by atoms with Crippen molar-refractivity contribution >= 4 is 22.7 Å². The van der Waals surface area contributed by atoms with Crippen molar-refractivity contribution in [2.75, 3.05) is 26.0 Å². The molecule has 0 saturated heterocycles. The molecule has 0 aliphatic heterocycles. The van der Waals surface area contributed by atoms with Crippen molar-refractivity contribution in [3.63, 3.8) is 0 Å². The maximum absolute atomic E-state index is 12.2. The number of fused-ring (bicyclic) bond motifs is 1. The Morgan fingerprint density at radius 1 is 1.12 bits per heavy atom. The SMILES string of the molecule is Cc1ccccc1NC(=O)NC[C@@H](c1cc2ccccc2o1)N(C)C. The molecule has 5 nitrogen and oxygen atoms in total. The number of likely N-dealkylation sites (N-methyl/N-ethyl adjacent to an activating group) is 1. The highest BCUT2D eigenvalue weighted by Gasteiger charge is 2.19. The second-order valence-electron chi connectivity index (χ2n) is 6.32. The molecule has 2 amide bonds. The Bertz CT molecular complexity index is 837. The lowest BCUT2D eigenvalue weighted by atomic mass is 10.2. The lowest BCUT2D eigenvalue weighted by molar-refractivity contribution is 0.235. The predicted molar refractivity (Wildman–Crippen MR) is 101 cm³/mol. The van der Waals surface area contributed by atoms with Crippen LogP contribution in [0.1, 0.15) is 17.4 Å². The molecular formula is C20H23N3O2. The fourth-order valence-electron chi connectivity index (χ4n) is 2.77. The van der Waals surface area contributed by atoms with Gasteiger partial charge in [0.15, 0.2) is 0 Å². The van der Waals surface area contributed by atoms with Crippen LogP contribution in [0, 0.1) is 6.92 Å². The van der Waals surface area contributed by atoms with E-state index < -0.39 is 0 Å². The van der Waals surface area contributed by atoms with Gasteiger partial charge in [-0.05, 0) is 44.8 Å².